The summed E-state index contributed by atoms with van der Waals surface area (Å²) < 4.78 is 0. The molecule has 1 saturated heterocycles. The molecule has 5 rings (SSSR count). The lowest BCUT2D eigenvalue weighted by Gasteiger charge is -2.55. The van der Waals surface area contributed by atoms with Crippen molar-refractivity contribution >= 4 is 5.91 Å². The lowest BCUT2D eigenvalue weighted by atomic mass is 9.54. The van der Waals surface area contributed by atoms with Crippen molar-refractivity contribution in [3.63, 3.8) is 0 Å². The fourth-order valence-electron chi connectivity index (χ4n) is 6.09. The normalized spacial score (nSPS) is 41.6. The number of hydrogen-bond acceptors (Lipinski definition) is 2. The number of likely N-dealkylation sites (tertiary alicyclic amines) is 1. The Morgan fingerprint density at radius 3 is 2.00 bits per heavy atom. The maximum absolute atomic E-state index is 13.0. The molecule has 1 N–H and O–H groups in total. The predicted octanol–water partition coefficient (Wildman–Crippen LogP) is 3.19. The average molecular weight is 304 g/mol. The minimum atomic E-state index is -0.338. The summed E-state index contributed by atoms with van der Waals surface area (Å²) >= 11 is 0. The van der Waals surface area contributed by atoms with E-state index in [1.165, 1.54) is 51.4 Å². The second kappa shape index (κ2) is 5.51. The van der Waals surface area contributed by atoms with E-state index >= 15 is 0 Å². The monoisotopic (exact) mass is 304 g/mol. The van der Waals surface area contributed by atoms with Crippen LogP contribution in [0.25, 0.3) is 0 Å². The Morgan fingerprint density at radius 2 is 1.45 bits per heavy atom. The molecule has 1 heterocycles. The SMILES string of the molecule is CC(C)(C(=O)NC1C2CC3CC(C2)CC1C3)N1CCCCC1. The molecule has 0 aromatic heterocycles. The quantitative estimate of drug-likeness (QED) is 0.868. The Balaban J connectivity index is 1.43. The summed E-state index contributed by atoms with van der Waals surface area (Å²) in [5, 5.41) is 3.52. The van der Waals surface area contributed by atoms with Gasteiger partial charge in [-0.15, -0.1) is 0 Å². The summed E-state index contributed by atoms with van der Waals surface area (Å²) in [6, 6.07) is 0.476. The molecule has 3 nitrogen and oxygen atoms in total. The first kappa shape index (κ1) is 15.0. The molecule has 0 spiro atoms. The molecule has 22 heavy (non-hydrogen) atoms. The van der Waals surface area contributed by atoms with Crippen LogP contribution in [0.1, 0.15) is 65.2 Å². The Kier molecular flexibility index (Phi) is 3.75. The van der Waals surface area contributed by atoms with Crippen molar-refractivity contribution in [3.8, 4) is 0 Å². The Hall–Kier alpha value is -0.570. The highest BCUT2D eigenvalue weighted by molar-refractivity contribution is 5.85. The van der Waals surface area contributed by atoms with Crippen LogP contribution >= 0.6 is 0 Å². The first-order valence-electron chi connectivity index (χ1n) is 9.60. The van der Waals surface area contributed by atoms with Crippen molar-refractivity contribution in [2.75, 3.05) is 13.1 Å². The summed E-state index contributed by atoms with van der Waals surface area (Å²) in [5.41, 5.74) is -0.338. The lowest BCUT2D eigenvalue weighted by Crippen LogP contribution is -2.62. The van der Waals surface area contributed by atoms with Crippen molar-refractivity contribution in [2.45, 2.75) is 76.8 Å². The van der Waals surface area contributed by atoms with Gasteiger partial charge in [0, 0.05) is 6.04 Å². The summed E-state index contributed by atoms with van der Waals surface area (Å²) in [7, 11) is 0. The maximum atomic E-state index is 13.0. The van der Waals surface area contributed by atoms with Gasteiger partial charge in [0.15, 0.2) is 0 Å². The van der Waals surface area contributed by atoms with Crippen LogP contribution in [0.5, 0.6) is 0 Å². The van der Waals surface area contributed by atoms with Crippen molar-refractivity contribution in [2.24, 2.45) is 23.7 Å². The molecule has 0 aromatic carbocycles. The number of piperidine rings is 1. The number of nitrogens with one attached hydrogen (secondary N) is 1. The van der Waals surface area contributed by atoms with Gasteiger partial charge >= 0.3 is 0 Å². The fraction of sp³-hybridized carbons (Fsp3) is 0.947. The van der Waals surface area contributed by atoms with Crippen LogP contribution in [-0.4, -0.2) is 35.5 Å². The Labute approximate surface area is 135 Å². The van der Waals surface area contributed by atoms with Gasteiger partial charge in [0.25, 0.3) is 0 Å². The van der Waals surface area contributed by atoms with Crippen molar-refractivity contribution in [1.29, 1.82) is 0 Å². The Morgan fingerprint density at radius 1 is 0.909 bits per heavy atom. The highest BCUT2D eigenvalue weighted by Crippen LogP contribution is 2.53. The minimum Gasteiger partial charge on any atom is -0.351 e. The molecule has 5 fully saturated rings. The molecule has 1 amide bonds. The van der Waals surface area contributed by atoms with E-state index in [1.807, 2.05) is 0 Å². The maximum Gasteiger partial charge on any atom is 0.240 e. The Bertz CT molecular complexity index is 411. The predicted molar refractivity (Wildman–Crippen MR) is 88.5 cm³/mol. The molecular formula is C19H32N2O. The van der Waals surface area contributed by atoms with E-state index in [-0.39, 0.29) is 11.4 Å². The summed E-state index contributed by atoms with van der Waals surface area (Å²) in [6.45, 7) is 6.43. The molecule has 4 saturated carbocycles. The second-order valence-corrected chi connectivity index (χ2v) is 9.04. The number of carbonyl (C=O) groups excluding carboxylic acids is 1. The average Bonchev–Trinajstić information content (AvgIpc) is 2.50. The molecule has 0 unspecified atom stereocenters. The van der Waals surface area contributed by atoms with E-state index in [4.69, 9.17) is 0 Å². The van der Waals surface area contributed by atoms with Crippen LogP contribution < -0.4 is 5.32 Å². The molecule has 0 radical (unpaired) electrons. The number of hydrogen-bond donors (Lipinski definition) is 1. The summed E-state index contributed by atoms with van der Waals surface area (Å²) in [6.07, 6.45) is 10.8. The number of nitrogens with zero attached hydrogens (tertiary/aromatic N) is 1. The zero-order valence-electron chi connectivity index (χ0n) is 14.3. The van der Waals surface area contributed by atoms with Crippen LogP contribution in [-0.2, 0) is 4.79 Å². The van der Waals surface area contributed by atoms with Crippen LogP contribution in [0.3, 0.4) is 0 Å². The lowest BCUT2D eigenvalue weighted by molar-refractivity contribution is -0.136. The summed E-state index contributed by atoms with van der Waals surface area (Å²) in [5.74, 6) is 3.79. The van der Waals surface area contributed by atoms with Crippen molar-refractivity contribution in [1.82, 2.24) is 10.2 Å². The van der Waals surface area contributed by atoms with Gasteiger partial charge in [0.05, 0.1) is 5.54 Å². The van der Waals surface area contributed by atoms with Gasteiger partial charge in [-0.05, 0) is 95.6 Å². The van der Waals surface area contributed by atoms with E-state index in [9.17, 15) is 4.79 Å². The zero-order valence-corrected chi connectivity index (χ0v) is 14.3. The van der Waals surface area contributed by atoms with Crippen LogP contribution in [0.2, 0.25) is 0 Å². The van der Waals surface area contributed by atoms with E-state index in [0.717, 1.165) is 36.8 Å². The van der Waals surface area contributed by atoms with E-state index in [1.54, 1.807) is 0 Å². The largest absolute Gasteiger partial charge is 0.351 e. The van der Waals surface area contributed by atoms with Crippen molar-refractivity contribution < 1.29 is 4.79 Å². The molecule has 0 atom stereocenters. The van der Waals surface area contributed by atoms with Crippen LogP contribution in [0.4, 0.5) is 0 Å². The molecule has 1 aliphatic heterocycles. The molecule has 5 aliphatic rings. The molecule has 124 valence electrons. The third kappa shape index (κ3) is 2.50. The van der Waals surface area contributed by atoms with Gasteiger partial charge in [-0.25, -0.2) is 0 Å². The molecule has 3 heteroatoms. The number of rotatable bonds is 3. The highest BCUT2D eigenvalue weighted by Gasteiger charge is 2.49. The highest BCUT2D eigenvalue weighted by atomic mass is 16.2. The van der Waals surface area contributed by atoms with Gasteiger partial charge in [-0.3, -0.25) is 9.69 Å². The standard InChI is InChI=1S/C19H32N2O/c1-19(2,21-6-4-3-5-7-21)18(22)20-17-15-9-13-8-14(11-15)12-16(17)10-13/h13-17H,3-12H2,1-2H3,(H,20,22). The minimum absolute atomic E-state index is 0.284. The molecular weight excluding hydrogens is 272 g/mol. The second-order valence-electron chi connectivity index (χ2n) is 9.04. The summed E-state index contributed by atoms with van der Waals surface area (Å²) in [4.78, 5) is 15.4. The molecule has 4 aliphatic carbocycles. The molecule has 4 bridgehead atoms. The van der Waals surface area contributed by atoms with E-state index < -0.39 is 0 Å². The smallest absolute Gasteiger partial charge is 0.240 e. The van der Waals surface area contributed by atoms with Gasteiger partial charge < -0.3 is 5.32 Å². The van der Waals surface area contributed by atoms with Gasteiger partial charge in [-0.1, -0.05) is 6.42 Å². The van der Waals surface area contributed by atoms with E-state index in [2.05, 4.69) is 24.1 Å². The first-order chi connectivity index (χ1) is 10.5. The third-order valence-electron chi connectivity index (χ3n) is 7.23. The van der Waals surface area contributed by atoms with Gasteiger partial charge in [0.2, 0.25) is 5.91 Å². The topological polar surface area (TPSA) is 32.3 Å². The van der Waals surface area contributed by atoms with Crippen molar-refractivity contribution in [3.05, 3.63) is 0 Å². The molecule has 0 aromatic rings. The number of carbonyl (C=O) groups is 1. The zero-order chi connectivity index (χ0) is 15.3. The van der Waals surface area contributed by atoms with Gasteiger partial charge in [0.1, 0.15) is 0 Å². The van der Waals surface area contributed by atoms with Crippen LogP contribution in [0, 0.1) is 23.7 Å². The first-order valence-corrected chi connectivity index (χ1v) is 9.60. The van der Waals surface area contributed by atoms with Gasteiger partial charge in [-0.2, -0.15) is 0 Å². The van der Waals surface area contributed by atoms with Crippen LogP contribution in [0.15, 0.2) is 0 Å². The third-order valence-corrected chi connectivity index (χ3v) is 7.23. The van der Waals surface area contributed by atoms with E-state index in [0.29, 0.717) is 6.04 Å². The number of amides is 1. The fourth-order valence-corrected chi connectivity index (χ4v) is 6.09.